The zero-order valence-electron chi connectivity index (χ0n) is 15.9. The lowest BCUT2D eigenvalue weighted by Gasteiger charge is -2.11. The Labute approximate surface area is 165 Å². The largest absolute Gasteiger partial charge is 0.416 e. The van der Waals surface area contributed by atoms with E-state index in [1.165, 1.54) is 29.0 Å². The SMILES string of the molecule is Cc1ccc(NC(=O)c2cccn(Cc3ccc(C(F)(F)F)cc3)c2=O)cc1C. The van der Waals surface area contributed by atoms with Crippen molar-refractivity contribution in [1.29, 1.82) is 0 Å². The summed E-state index contributed by atoms with van der Waals surface area (Å²) >= 11 is 0. The minimum atomic E-state index is -4.41. The van der Waals surface area contributed by atoms with Gasteiger partial charge in [0.2, 0.25) is 0 Å². The topological polar surface area (TPSA) is 51.1 Å². The molecular formula is C22H19F3N2O2. The summed E-state index contributed by atoms with van der Waals surface area (Å²) in [5.41, 5.74) is 1.88. The molecule has 0 aliphatic carbocycles. The van der Waals surface area contributed by atoms with Gasteiger partial charge >= 0.3 is 6.18 Å². The van der Waals surface area contributed by atoms with E-state index in [0.717, 1.165) is 23.3 Å². The van der Waals surface area contributed by atoms with E-state index in [4.69, 9.17) is 0 Å². The minimum Gasteiger partial charge on any atom is -0.322 e. The maximum Gasteiger partial charge on any atom is 0.416 e. The van der Waals surface area contributed by atoms with Crippen LogP contribution in [-0.4, -0.2) is 10.5 Å². The summed E-state index contributed by atoms with van der Waals surface area (Å²) < 4.78 is 39.3. The molecule has 1 amide bonds. The minimum absolute atomic E-state index is 0.0439. The molecule has 0 aliphatic heterocycles. The van der Waals surface area contributed by atoms with Gasteiger partial charge in [0.1, 0.15) is 5.56 Å². The Hall–Kier alpha value is -3.35. The van der Waals surface area contributed by atoms with E-state index in [1.54, 1.807) is 12.1 Å². The fourth-order valence-corrected chi connectivity index (χ4v) is 2.85. The van der Waals surface area contributed by atoms with Gasteiger partial charge in [0.15, 0.2) is 0 Å². The molecule has 150 valence electrons. The van der Waals surface area contributed by atoms with Gasteiger partial charge in [-0.2, -0.15) is 13.2 Å². The number of carbonyl (C=O) groups is 1. The first-order chi connectivity index (χ1) is 13.6. The summed E-state index contributed by atoms with van der Waals surface area (Å²) in [6.07, 6.45) is -2.92. The summed E-state index contributed by atoms with van der Waals surface area (Å²) in [5.74, 6) is -0.542. The summed E-state index contributed by atoms with van der Waals surface area (Å²) in [4.78, 5) is 25.2. The molecule has 1 N–H and O–H groups in total. The van der Waals surface area contributed by atoms with Crippen LogP contribution in [0.25, 0.3) is 0 Å². The lowest BCUT2D eigenvalue weighted by molar-refractivity contribution is -0.137. The lowest BCUT2D eigenvalue weighted by Crippen LogP contribution is -2.29. The first-order valence-electron chi connectivity index (χ1n) is 8.89. The molecule has 2 aromatic carbocycles. The Balaban J connectivity index is 1.81. The number of alkyl halides is 3. The van der Waals surface area contributed by atoms with Crippen molar-refractivity contribution in [2.45, 2.75) is 26.6 Å². The zero-order chi connectivity index (χ0) is 21.2. The number of aromatic nitrogens is 1. The van der Waals surface area contributed by atoms with E-state index in [-0.39, 0.29) is 12.1 Å². The molecule has 0 aliphatic rings. The second-order valence-corrected chi connectivity index (χ2v) is 6.80. The number of aryl methyl sites for hydroxylation is 2. The highest BCUT2D eigenvalue weighted by Crippen LogP contribution is 2.29. The number of hydrogen-bond donors (Lipinski definition) is 1. The van der Waals surface area contributed by atoms with Crippen molar-refractivity contribution in [3.05, 3.63) is 99.0 Å². The molecule has 29 heavy (non-hydrogen) atoms. The molecule has 4 nitrogen and oxygen atoms in total. The number of halogens is 3. The van der Waals surface area contributed by atoms with Crippen LogP contribution in [0.2, 0.25) is 0 Å². The van der Waals surface area contributed by atoms with Gasteiger partial charge in [0, 0.05) is 11.9 Å². The highest BCUT2D eigenvalue weighted by atomic mass is 19.4. The number of benzene rings is 2. The average molecular weight is 400 g/mol. The quantitative estimate of drug-likeness (QED) is 0.685. The predicted octanol–water partition coefficient (Wildman–Crippen LogP) is 4.78. The maximum absolute atomic E-state index is 12.7. The Morgan fingerprint density at radius 1 is 1.00 bits per heavy atom. The number of pyridine rings is 1. The van der Waals surface area contributed by atoms with Crippen molar-refractivity contribution in [2.24, 2.45) is 0 Å². The molecule has 0 unspecified atom stereocenters. The molecule has 1 heterocycles. The average Bonchev–Trinajstić information content (AvgIpc) is 2.66. The summed E-state index contributed by atoms with van der Waals surface area (Å²) in [6, 6.07) is 13.0. The van der Waals surface area contributed by atoms with Crippen LogP contribution in [-0.2, 0) is 12.7 Å². The van der Waals surface area contributed by atoms with Crippen molar-refractivity contribution >= 4 is 11.6 Å². The fraction of sp³-hybridized carbons (Fsp3) is 0.182. The van der Waals surface area contributed by atoms with E-state index in [0.29, 0.717) is 11.3 Å². The van der Waals surface area contributed by atoms with Crippen LogP contribution in [0.4, 0.5) is 18.9 Å². The zero-order valence-corrected chi connectivity index (χ0v) is 15.9. The van der Waals surface area contributed by atoms with Crippen molar-refractivity contribution in [2.75, 3.05) is 5.32 Å². The second kappa shape index (κ2) is 7.95. The van der Waals surface area contributed by atoms with E-state index >= 15 is 0 Å². The molecule has 0 spiro atoms. The Bertz CT molecular complexity index is 1100. The van der Waals surface area contributed by atoms with E-state index in [1.807, 2.05) is 26.0 Å². The van der Waals surface area contributed by atoms with Crippen molar-refractivity contribution < 1.29 is 18.0 Å². The molecule has 7 heteroatoms. The van der Waals surface area contributed by atoms with Gasteiger partial charge in [0.05, 0.1) is 12.1 Å². The number of hydrogen-bond acceptors (Lipinski definition) is 2. The number of anilines is 1. The smallest absolute Gasteiger partial charge is 0.322 e. The standard InChI is InChI=1S/C22H19F3N2O2/c1-14-5-10-18(12-15(14)2)26-20(28)19-4-3-11-27(21(19)29)13-16-6-8-17(9-7-16)22(23,24)25/h3-12H,13H2,1-2H3,(H,26,28). The monoisotopic (exact) mass is 400 g/mol. The van der Waals surface area contributed by atoms with Gasteiger partial charge in [-0.3, -0.25) is 9.59 Å². The van der Waals surface area contributed by atoms with Gasteiger partial charge in [-0.1, -0.05) is 18.2 Å². The first-order valence-corrected chi connectivity index (χ1v) is 8.89. The van der Waals surface area contributed by atoms with E-state index < -0.39 is 23.2 Å². The van der Waals surface area contributed by atoms with Gasteiger partial charge in [-0.05, 0) is 66.9 Å². The Morgan fingerprint density at radius 2 is 1.69 bits per heavy atom. The summed E-state index contributed by atoms with van der Waals surface area (Å²) in [6.45, 7) is 3.93. The van der Waals surface area contributed by atoms with Crippen molar-refractivity contribution in [3.63, 3.8) is 0 Å². The molecule has 3 rings (SSSR count). The molecule has 1 aromatic heterocycles. The summed E-state index contributed by atoms with van der Waals surface area (Å²) in [5, 5.41) is 2.70. The van der Waals surface area contributed by atoms with Crippen molar-refractivity contribution in [1.82, 2.24) is 4.57 Å². The third-order valence-corrected chi connectivity index (χ3v) is 4.66. The molecular weight excluding hydrogens is 381 g/mol. The Kier molecular flexibility index (Phi) is 5.59. The van der Waals surface area contributed by atoms with Gasteiger partial charge in [-0.15, -0.1) is 0 Å². The van der Waals surface area contributed by atoms with Crippen molar-refractivity contribution in [3.8, 4) is 0 Å². The molecule has 0 radical (unpaired) electrons. The van der Waals surface area contributed by atoms with Crippen LogP contribution in [0.1, 0.15) is 32.6 Å². The third-order valence-electron chi connectivity index (χ3n) is 4.66. The molecule has 0 saturated carbocycles. The van der Waals surface area contributed by atoms with E-state index in [2.05, 4.69) is 5.32 Å². The van der Waals surface area contributed by atoms with Crippen LogP contribution in [0, 0.1) is 13.8 Å². The highest BCUT2D eigenvalue weighted by molar-refractivity contribution is 6.04. The number of nitrogens with zero attached hydrogens (tertiary/aromatic N) is 1. The van der Waals surface area contributed by atoms with Crippen LogP contribution >= 0.6 is 0 Å². The van der Waals surface area contributed by atoms with Crippen LogP contribution in [0.3, 0.4) is 0 Å². The molecule has 3 aromatic rings. The van der Waals surface area contributed by atoms with Crippen LogP contribution < -0.4 is 10.9 Å². The van der Waals surface area contributed by atoms with E-state index in [9.17, 15) is 22.8 Å². The van der Waals surface area contributed by atoms with Gasteiger partial charge in [-0.25, -0.2) is 0 Å². The lowest BCUT2D eigenvalue weighted by atomic mass is 10.1. The normalized spacial score (nSPS) is 11.3. The van der Waals surface area contributed by atoms with Gasteiger partial charge < -0.3 is 9.88 Å². The third kappa shape index (κ3) is 4.74. The molecule has 0 saturated heterocycles. The number of nitrogens with one attached hydrogen (secondary N) is 1. The molecule has 0 atom stereocenters. The predicted molar refractivity (Wildman–Crippen MR) is 105 cm³/mol. The number of amides is 1. The van der Waals surface area contributed by atoms with Gasteiger partial charge in [0.25, 0.3) is 11.5 Å². The molecule has 0 bridgehead atoms. The summed E-state index contributed by atoms with van der Waals surface area (Å²) in [7, 11) is 0. The second-order valence-electron chi connectivity index (χ2n) is 6.80. The fourth-order valence-electron chi connectivity index (χ4n) is 2.85. The first kappa shape index (κ1) is 20.4. The highest BCUT2D eigenvalue weighted by Gasteiger charge is 2.29. The number of rotatable bonds is 4. The Morgan fingerprint density at radius 3 is 2.31 bits per heavy atom. The maximum atomic E-state index is 12.7. The van der Waals surface area contributed by atoms with Crippen LogP contribution in [0.15, 0.2) is 65.6 Å². The molecule has 0 fully saturated rings. The van der Waals surface area contributed by atoms with Crippen LogP contribution in [0.5, 0.6) is 0 Å². The number of carbonyl (C=O) groups excluding carboxylic acids is 1.